The first-order valence-corrected chi connectivity index (χ1v) is 11.0. The van der Waals surface area contributed by atoms with Crippen molar-refractivity contribution in [2.24, 2.45) is 7.05 Å². The third-order valence-electron chi connectivity index (χ3n) is 7.12. The van der Waals surface area contributed by atoms with Gasteiger partial charge in [-0.15, -0.1) is 0 Å². The summed E-state index contributed by atoms with van der Waals surface area (Å²) in [5.41, 5.74) is 3.09. The van der Waals surface area contributed by atoms with Crippen LogP contribution in [-0.4, -0.2) is 36.2 Å². The molecular formula is C23H22F3N5O. The lowest BCUT2D eigenvalue weighted by molar-refractivity contribution is 0.0630. The summed E-state index contributed by atoms with van der Waals surface area (Å²) in [7, 11) is 1.71. The lowest BCUT2D eigenvalue weighted by Gasteiger charge is -2.34. The molecule has 2 unspecified atom stereocenters. The molecule has 0 spiro atoms. The number of hydrogen-bond acceptors (Lipinski definition) is 3. The molecule has 0 N–H and O–H groups in total. The number of halogens is 3. The van der Waals surface area contributed by atoms with Crippen molar-refractivity contribution in [1.29, 1.82) is 0 Å². The van der Waals surface area contributed by atoms with Crippen LogP contribution in [-0.2, 0) is 26.4 Å². The number of nitrogens with zero attached hydrogens (tertiary/aromatic N) is 5. The zero-order chi connectivity index (χ0) is 22.1. The summed E-state index contributed by atoms with van der Waals surface area (Å²) in [6.45, 7) is 0.806. The zero-order valence-corrected chi connectivity index (χ0v) is 17.6. The highest BCUT2D eigenvalue weighted by Gasteiger charge is 2.46. The summed E-state index contributed by atoms with van der Waals surface area (Å²) in [5, 5.41) is 4.65. The van der Waals surface area contributed by atoms with E-state index in [9.17, 15) is 18.0 Å². The maximum atomic E-state index is 13.9. The minimum atomic E-state index is -1.48. The maximum Gasteiger partial charge on any atom is 0.272 e. The minimum Gasteiger partial charge on any atom is -0.325 e. The number of amides is 1. The van der Waals surface area contributed by atoms with Crippen LogP contribution in [0.25, 0.3) is 11.3 Å². The van der Waals surface area contributed by atoms with Crippen LogP contribution in [0.4, 0.5) is 13.2 Å². The number of aromatic nitrogens is 4. The van der Waals surface area contributed by atoms with E-state index in [1.54, 1.807) is 17.9 Å². The van der Waals surface area contributed by atoms with Gasteiger partial charge in [0.2, 0.25) is 0 Å². The Morgan fingerprint density at radius 1 is 1.12 bits per heavy atom. The fraction of sp³-hybridized carbons (Fsp3) is 0.435. The van der Waals surface area contributed by atoms with E-state index in [0.29, 0.717) is 17.8 Å². The maximum absolute atomic E-state index is 13.9. The number of hydrogen-bond donors (Lipinski definition) is 0. The third kappa shape index (κ3) is 2.69. The van der Waals surface area contributed by atoms with Crippen LogP contribution in [0.15, 0.2) is 18.3 Å². The standard InChI is InChI=1S/C23H22F3N5O/c1-29-22(12-8-15(24)20(26)16(25)9-12)14-10-13-5-6-17(21(14)28-29)31(13)23(32)18-11-27-19-4-2-3-7-30(18)19/h8-9,11,13,17H,2-7,10H2,1H3. The normalized spacial score (nSPS) is 21.6. The summed E-state index contributed by atoms with van der Waals surface area (Å²) in [6.07, 6.45) is 6.86. The van der Waals surface area contributed by atoms with Gasteiger partial charge in [0.05, 0.1) is 23.6 Å². The van der Waals surface area contributed by atoms with Crippen LogP contribution >= 0.6 is 0 Å². The second-order valence-electron chi connectivity index (χ2n) is 8.92. The molecule has 2 bridgehead atoms. The summed E-state index contributed by atoms with van der Waals surface area (Å²) in [6, 6.07) is 1.80. The molecule has 3 aliphatic heterocycles. The first kappa shape index (κ1) is 19.6. The predicted molar refractivity (Wildman–Crippen MR) is 109 cm³/mol. The number of rotatable bonds is 2. The van der Waals surface area contributed by atoms with Crippen molar-refractivity contribution < 1.29 is 18.0 Å². The molecule has 0 saturated carbocycles. The molecule has 0 aliphatic carbocycles. The molecular weight excluding hydrogens is 419 g/mol. The van der Waals surface area contributed by atoms with Gasteiger partial charge < -0.3 is 9.47 Å². The van der Waals surface area contributed by atoms with Crippen molar-refractivity contribution in [3.63, 3.8) is 0 Å². The van der Waals surface area contributed by atoms with Gasteiger partial charge in [-0.3, -0.25) is 9.48 Å². The number of carbonyl (C=O) groups is 1. The lowest BCUT2D eigenvalue weighted by atomic mass is 9.94. The van der Waals surface area contributed by atoms with Crippen molar-refractivity contribution in [1.82, 2.24) is 24.2 Å². The molecule has 6 rings (SSSR count). The summed E-state index contributed by atoms with van der Waals surface area (Å²) in [4.78, 5) is 20.0. The predicted octanol–water partition coefficient (Wildman–Crippen LogP) is 3.94. The topological polar surface area (TPSA) is 56.0 Å². The number of carbonyl (C=O) groups excluding carboxylic acids is 1. The van der Waals surface area contributed by atoms with E-state index < -0.39 is 17.5 Å². The number of aryl methyl sites for hydroxylation is 2. The Labute approximate surface area is 182 Å². The number of fused-ring (bicyclic) bond motifs is 5. The summed E-state index contributed by atoms with van der Waals surface area (Å²) >= 11 is 0. The SMILES string of the molecule is Cn1nc2c(c1-c1cc(F)c(F)c(F)c1)CC1CCC2N1C(=O)c1cnc2n1CCCC2. The van der Waals surface area contributed by atoms with Crippen molar-refractivity contribution in [2.45, 2.75) is 57.2 Å². The van der Waals surface area contributed by atoms with E-state index in [1.807, 2.05) is 9.47 Å². The highest BCUT2D eigenvalue weighted by atomic mass is 19.2. The van der Waals surface area contributed by atoms with Gasteiger partial charge in [0.25, 0.3) is 5.91 Å². The molecule has 0 radical (unpaired) electrons. The first-order chi connectivity index (χ1) is 15.4. The van der Waals surface area contributed by atoms with Gasteiger partial charge in [0.1, 0.15) is 11.5 Å². The highest BCUT2D eigenvalue weighted by molar-refractivity contribution is 5.93. The third-order valence-corrected chi connectivity index (χ3v) is 7.12. The van der Waals surface area contributed by atoms with Crippen LogP contribution in [0.5, 0.6) is 0 Å². The van der Waals surface area contributed by atoms with Crippen molar-refractivity contribution in [2.75, 3.05) is 0 Å². The fourth-order valence-electron chi connectivity index (χ4n) is 5.72. The van der Waals surface area contributed by atoms with Crippen LogP contribution in [0, 0.1) is 17.5 Å². The summed E-state index contributed by atoms with van der Waals surface area (Å²) < 4.78 is 45.0. The fourth-order valence-corrected chi connectivity index (χ4v) is 5.72. The van der Waals surface area contributed by atoms with E-state index in [2.05, 4.69) is 10.1 Å². The monoisotopic (exact) mass is 441 g/mol. The quantitative estimate of drug-likeness (QED) is 0.566. The van der Waals surface area contributed by atoms with Crippen LogP contribution in [0.3, 0.4) is 0 Å². The minimum absolute atomic E-state index is 0.0205. The zero-order valence-electron chi connectivity index (χ0n) is 17.6. The Balaban J connectivity index is 1.40. The molecule has 1 aromatic carbocycles. The van der Waals surface area contributed by atoms with E-state index >= 15 is 0 Å². The Morgan fingerprint density at radius 3 is 2.69 bits per heavy atom. The van der Waals surface area contributed by atoms with E-state index in [4.69, 9.17) is 0 Å². The molecule has 3 aromatic rings. The van der Waals surface area contributed by atoms with Crippen molar-refractivity contribution in [3.8, 4) is 11.3 Å². The Morgan fingerprint density at radius 2 is 1.91 bits per heavy atom. The summed E-state index contributed by atoms with van der Waals surface area (Å²) in [5.74, 6) is -3.00. The van der Waals surface area contributed by atoms with E-state index in [1.165, 1.54) is 0 Å². The van der Waals surface area contributed by atoms with Gasteiger partial charge >= 0.3 is 0 Å². The van der Waals surface area contributed by atoms with Crippen molar-refractivity contribution >= 4 is 5.91 Å². The lowest BCUT2D eigenvalue weighted by Crippen LogP contribution is -2.42. The van der Waals surface area contributed by atoms with Crippen LogP contribution in [0.1, 0.15) is 59.3 Å². The Bertz CT molecular complexity index is 1240. The molecule has 6 nitrogen and oxygen atoms in total. The van der Waals surface area contributed by atoms with E-state index in [-0.39, 0.29) is 23.6 Å². The molecule has 166 valence electrons. The highest BCUT2D eigenvalue weighted by Crippen LogP contribution is 2.46. The van der Waals surface area contributed by atoms with Crippen LogP contribution in [0.2, 0.25) is 0 Å². The molecule has 1 fully saturated rings. The molecule has 9 heteroatoms. The largest absolute Gasteiger partial charge is 0.325 e. The van der Waals surface area contributed by atoms with Gasteiger partial charge in [-0.05, 0) is 44.2 Å². The number of benzene rings is 1. The second kappa shape index (κ2) is 6.95. The molecule has 1 saturated heterocycles. The number of imidazole rings is 1. The van der Waals surface area contributed by atoms with Crippen molar-refractivity contribution in [3.05, 3.63) is 58.6 Å². The molecule has 5 heterocycles. The second-order valence-corrected chi connectivity index (χ2v) is 8.92. The van der Waals surface area contributed by atoms with Gasteiger partial charge in [-0.25, -0.2) is 18.2 Å². The Kier molecular flexibility index (Phi) is 4.25. The Hall–Kier alpha value is -3.10. The average Bonchev–Trinajstić information content (AvgIpc) is 3.44. The van der Waals surface area contributed by atoms with Gasteiger partial charge in [-0.2, -0.15) is 5.10 Å². The molecule has 32 heavy (non-hydrogen) atoms. The van der Waals surface area contributed by atoms with Gasteiger partial charge in [0, 0.05) is 37.2 Å². The van der Waals surface area contributed by atoms with Gasteiger partial charge in [-0.1, -0.05) is 0 Å². The molecule has 1 amide bonds. The average molecular weight is 441 g/mol. The molecule has 3 aliphatic rings. The smallest absolute Gasteiger partial charge is 0.272 e. The molecule has 2 aromatic heterocycles. The van der Waals surface area contributed by atoms with Crippen LogP contribution < -0.4 is 0 Å². The van der Waals surface area contributed by atoms with Gasteiger partial charge in [0.15, 0.2) is 17.5 Å². The first-order valence-electron chi connectivity index (χ1n) is 11.0. The van der Waals surface area contributed by atoms with E-state index in [0.717, 1.165) is 67.9 Å². The molecule has 2 atom stereocenters.